The topological polar surface area (TPSA) is 148 Å². The fourth-order valence-corrected chi connectivity index (χ4v) is 5.45. The van der Waals surface area contributed by atoms with E-state index in [1.165, 1.54) is 22.1 Å². The minimum atomic E-state index is -1.51. The van der Waals surface area contributed by atoms with Crippen LogP contribution in [0.25, 0.3) is 16.5 Å². The molecule has 3 heterocycles. The zero-order valence-corrected chi connectivity index (χ0v) is 19.8. The number of aromatic nitrogens is 1. The van der Waals surface area contributed by atoms with Crippen LogP contribution in [-0.2, 0) is 20.7 Å². The number of carbonyl (C=O) groups excluding carboxylic acids is 1. The molecule has 1 aromatic carbocycles. The Morgan fingerprint density at radius 1 is 1.29 bits per heavy atom. The average molecular weight is 488 g/mol. The molecule has 1 fully saturated rings. The van der Waals surface area contributed by atoms with Crippen molar-refractivity contribution in [2.75, 3.05) is 26.8 Å². The molecule has 8 atom stereocenters. The lowest BCUT2D eigenvalue weighted by Crippen LogP contribution is -2.59. The molecule has 6 N–H and O–H groups in total. The van der Waals surface area contributed by atoms with Crippen molar-refractivity contribution >= 4 is 22.4 Å². The number of likely N-dealkylation sites (N-methyl/N-ethyl adjacent to an activating group) is 1. The van der Waals surface area contributed by atoms with Gasteiger partial charge in [0.2, 0.25) is 5.91 Å². The van der Waals surface area contributed by atoms with Gasteiger partial charge in [-0.2, -0.15) is 0 Å². The largest absolute Gasteiger partial charge is 0.394 e. The van der Waals surface area contributed by atoms with E-state index in [1.807, 2.05) is 13.1 Å². The maximum absolute atomic E-state index is 13.1. The number of aliphatic hydroxyl groups excluding tert-OH is 4. The molecular weight excluding hydrogens is 454 g/mol. The molecule has 10 heteroatoms. The number of H-pyrrole nitrogens is 1. The number of carbonyl (C=O) groups is 1. The molecular formula is C25H33N3O7. The Labute approximate surface area is 203 Å². The standard InChI is InChI=1S/C25H33N3O7/c1-12(11-34-25-23(32)22(31)21(30)19(10-29)35-25)27-24(33)14-6-16-15-4-3-5-17-20(15)13(8-26-17)7-18(16)28(2)9-14/h3-6,8,12,14,18-19,21-23,25-26,29-32H,7,9-11H2,1-2H3,(H,27,33)/t12?,14-,18-,19-,21+,22+,23-,25-/m1/s1. The van der Waals surface area contributed by atoms with Gasteiger partial charge in [0, 0.05) is 35.7 Å². The second kappa shape index (κ2) is 9.62. The molecule has 1 aromatic heterocycles. The molecule has 2 aromatic rings. The van der Waals surface area contributed by atoms with E-state index in [-0.39, 0.29) is 24.5 Å². The number of amides is 1. The first-order valence-corrected chi connectivity index (χ1v) is 12.0. The quantitative estimate of drug-likeness (QED) is 0.315. The van der Waals surface area contributed by atoms with Crippen molar-refractivity contribution in [2.24, 2.45) is 5.92 Å². The van der Waals surface area contributed by atoms with Crippen molar-refractivity contribution in [1.82, 2.24) is 15.2 Å². The highest BCUT2D eigenvalue weighted by molar-refractivity contribution is 5.99. The Balaban J connectivity index is 1.24. The minimum Gasteiger partial charge on any atom is -0.394 e. The summed E-state index contributed by atoms with van der Waals surface area (Å²) < 4.78 is 10.9. The van der Waals surface area contributed by atoms with Gasteiger partial charge in [0.25, 0.3) is 0 Å². The number of nitrogens with zero attached hydrogens (tertiary/aromatic N) is 1. The van der Waals surface area contributed by atoms with Gasteiger partial charge in [-0.15, -0.1) is 0 Å². The van der Waals surface area contributed by atoms with E-state index >= 15 is 0 Å². The van der Waals surface area contributed by atoms with Gasteiger partial charge in [-0.3, -0.25) is 9.69 Å². The minimum absolute atomic E-state index is 0.0161. The summed E-state index contributed by atoms with van der Waals surface area (Å²) in [5.74, 6) is -0.462. The molecule has 5 rings (SSSR count). The molecule has 35 heavy (non-hydrogen) atoms. The molecule has 1 saturated heterocycles. The highest BCUT2D eigenvalue weighted by atomic mass is 16.7. The third-order valence-corrected chi connectivity index (χ3v) is 7.35. The van der Waals surface area contributed by atoms with E-state index in [0.29, 0.717) is 6.54 Å². The van der Waals surface area contributed by atoms with Crippen molar-refractivity contribution in [3.8, 4) is 0 Å². The SMILES string of the molecule is CC(CO[C@@H]1O[C@H](CO)[C@H](O)[C@H](O)[C@H]1O)NC(=O)[C@@H]1C=C2c3cccc4[nH]cc(c34)C[C@H]2N(C)C1. The van der Waals surface area contributed by atoms with E-state index in [2.05, 4.69) is 39.6 Å². The van der Waals surface area contributed by atoms with Crippen LogP contribution < -0.4 is 5.32 Å². The summed E-state index contributed by atoms with van der Waals surface area (Å²) in [6.45, 7) is 1.86. The molecule has 0 bridgehead atoms. The summed E-state index contributed by atoms with van der Waals surface area (Å²) in [4.78, 5) is 18.7. The first-order valence-electron chi connectivity index (χ1n) is 12.0. The lowest BCUT2D eigenvalue weighted by molar-refractivity contribution is -0.301. The lowest BCUT2D eigenvalue weighted by atomic mass is 9.80. The van der Waals surface area contributed by atoms with Crippen LogP contribution in [0.2, 0.25) is 0 Å². The van der Waals surface area contributed by atoms with Crippen LogP contribution in [0.3, 0.4) is 0 Å². The Hall–Kier alpha value is -2.31. The number of aromatic amines is 1. The normalized spacial score (nSPS) is 33.8. The predicted octanol–water partition coefficient (Wildman–Crippen LogP) is -0.641. The highest BCUT2D eigenvalue weighted by Gasteiger charge is 2.44. The maximum Gasteiger partial charge on any atom is 0.228 e. The van der Waals surface area contributed by atoms with E-state index in [0.717, 1.165) is 11.9 Å². The van der Waals surface area contributed by atoms with Gasteiger partial charge in [-0.05, 0) is 43.2 Å². The van der Waals surface area contributed by atoms with Crippen LogP contribution in [0.5, 0.6) is 0 Å². The number of benzene rings is 1. The molecule has 0 spiro atoms. The number of rotatable bonds is 6. The number of hydrogen-bond donors (Lipinski definition) is 6. The summed E-state index contributed by atoms with van der Waals surface area (Å²) in [6.07, 6.45) is -1.64. The molecule has 3 aliphatic rings. The molecule has 1 unspecified atom stereocenters. The van der Waals surface area contributed by atoms with Gasteiger partial charge in [-0.25, -0.2) is 0 Å². The van der Waals surface area contributed by atoms with Crippen LogP contribution in [0, 0.1) is 5.92 Å². The Bertz CT molecular complexity index is 1120. The van der Waals surface area contributed by atoms with Crippen molar-refractivity contribution in [3.63, 3.8) is 0 Å². The molecule has 10 nitrogen and oxygen atoms in total. The molecule has 190 valence electrons. The predicted molar refractivity (Wildman–Crippen MR) is 127 cm³/mol. The van der Waals surface area contributed by atoms with Gasteiger partial charge in [0.15, 0.2) is 6.29 Å². The zero-order valence-electron chi connectivity index (χ0n) is 19.8. The summed E-state index contributed by atoms with van der Waals surface area (Å²) in [5, 5.41) is 43.4. The third-order valence-electron chi connectivity index (χ3n) is 7.35. The second-order valence-electron chi connectivity index (χ2n) is 9.87. The fourth-order valence-electron chi connectivity index (χ4n) is 5.45. The number of fused-ring (bicyclic) bond motifs is 2. The van der Waals surface area contributed by atoms with E-state index < -0.39 is 43.4 Å². The maximum atomic E-state index is 13.1. The number of aliphatic hydroxyl groups is 4. The number of hydrogen-bond acceptors (Lipinski definition) is 8. The summed E-state index contributed by atoms with van der Waals surface area (Å²) in [7, 11) is 2.04. The first kappa shape index (κ1) is 24.4. The number of ether oxygens (including phenoxy) is 2. The van der Waals surface area contributed by atoms with Crippen LogP contribution in [0.1, 0.15) is 18.1 Å². The molecule has 2 aliphatic heterocycles. The van der Waals surface area contributed by atoms with Crippen LogP contribution in [0.15, 0.2) is 30.5 Å². The Kier molecular flexibility index (Phi) is 6.71. The van der Waals surface area contributed by atoms with Gasteiger partial charge < -0.3 is 40.2 Å². The van der Waals surface area contributed by atoms with Gasteiger partial charge in [0.05, 0.1) is 19.1 Å². The van der Waals surface area contributed by atoms with E-state index in [4.69, 9.17) is 9.47 Å². The van der Waals surface area contributed by atoms with Gasteiger partial charge >= 0.3 is 0 Å². The zero-order chi connectivity index (χ0) is 24.9. The van der Waals surface area contributed by atoms with Crippen molar-refractivity contribution in [2.45, 2.75) is 56.1 Å². The molecule has 1 aliphatic carbocycles. The van der Waals surface area contributed by atoms with E-state index in [9.17, 15) is 25.2 Å². The van der Waals surface area contributed by atoms with Crippen molar-refractivity contribution in [1.29, 1.82) is 0 Å². The van der Waals surface area contributed by atoms with Crippen molar-refractivity contribution in [3.05, 3.63) is 41.6 Å². The monoisotopic (exact) mass is 487 g/mol. The molecule has 1 amide bonds. The first-order chi connectivity index (χ1) is 16.8. The third kappa shape index (κ3) is 4.40. The van der Waals surface area contributed by atoms with Crippen molar-refractivity contribution < 1.29 is 34.7 Å². The van der Waals surface area contributed by atoms with E-state index in [1.54, 1.807) is 6.92 Å². The summed E-state index contributed by atoms with van der Waals surface area (Å²) >= 11 is 0. The molecule has 0 saturated carbocycles. The highest BCUT2D eigenvalue weighted by Crippen LogP contribution is 2.40. The van der Waals surface area contributed by atoms with Crippen LogP contribution >= 0.6 is 0 Å². The number of nitrogens with one attached hydrogen (secondary N) is 2. The van der Waals surface area contributed by atoms with Crippen LogP contribution in [0.4, 0.5) is 0 Å². The summed E-state index contributed by atoms with van der Waals surface area (Å²) in [6, 6.07) is 6.03. The second-order valence-corrected chi connectivity index (χ2v) is 9.87. The Morgan fingerprint density at radius 3 is 2.86 bits per heavy atom. The fraction of sp³-hybridized carbons (Fsp3) is 0.560. The average Bonchev–Trinajstić information content (AvgIpc) is 3.27. The Morgan fingerprint density at radius 2 is 2.09 bits per heavy atom. The molecule has 0 radical (unpaired) electrons. The lowest BCUT2D eigenvalue weighted by Gasteiger charge is -2.40. The van der Waals surface area contributed by atoms with Gasteiger partial charge in [0.1, 0.15) is 24.4 Å². The van der Waals surface area contributed by atoms with Crippen LogP contribution in [-0.4, -0.2) is 106 Å². The van der Waals surface area contributed by atoms with Gasteiger partial charge in [-0.1, -0.05) is 18.2 Å². The smallest absolute Gasteiger partial charge is 0.228 e. The summed E-state index contributed by atoms with van der Waals surface area (Å²) in [5.41, 5.74) is 4.73.